The van der Waals surface area contributed by atoms with E-state index in [-0.39, 0.29) is 0 Å². The minimum absolute atomic E-state index is 0.349. The van der Waals surface area contributed by atoms with Crippen LogP contribution < -0.4 is 0 Å². The van der Waals surface area contributed by atoms with Crippen LogP contribution in [0.5, 0.6) is 0 Å². The molecule has 1 aliphatic heterocycles. The fourth-order valence-corrected chi connectivity index (χ4v) is 3.50. The zero-order chi connectivity index (χ0) is 12.8. The summed E-state index contributed by atoms with van der Waals surface area (Å²) in [5.41, 5.74) is 0. The molecule has 2 rings (SSSR count). The summed E-state index contributed by atoms with van der Waals surface area (Å²) in [6.07, 6.45) is 2.38. The van der Waals surface area contributed by atoms with E-state index in [1.165, 1.54) is 17.1 Å². The molecule has 0 aliphatic carbocycles. The smallest absolute Gasteiger partial charge is 0.0471 e. The average Bonchev–Trinajstić information content (AvgIpc) is 2.89. The Morgan fingerprint density at radius 3 is 2.83 bits per heavy atom. The van der Waals surface area contributed by atoms with Gasteiger partial charge in [-0.05, 0) is 50.1 Å². The molecule has 18 heavy (non-hydrogen) atoms. The molecule has 0 amide bonds. The zero-order valence-corrected chi connectivity index (χ0v) is 11.9. The quantitative estimate of drug-likeness (QED) is 0.800. The lowest BCUT2D eigenvalue weighted by Gasteiger charge is -2.24. The fraction of sp³-hybridized carbons (Fsp3) is 0.600. The van der Waals surface area contributed by atoms with Crippen molar-refractivity contribution < 1.29 is 5.11 Å². The second kappa shape index (κ2) is 7.17. The molecule has 1 aromatic rings. The van der Waals surface area contributed by atoms with Crippen molar-refractivity contribution in [2.45, 2.75) is 30.7 Å². The number of likely N-dealkylation sites (tertiary alicyclic amines) is 1. The van der Waals surface area contributed by atoms with Crippen molar-refractivity contribution in [3.8, 4) is 0 Å². The molecular formula is C15H23NOS. The van der Waals surface area contributed by atoms with Gasteiger partial charge in [-0.15, -0.1) is 11.8 Å². The molecule has 3 heteroatoms. The van der Waals surface area contributed by atoms with Gasteiger partial charge < -0.3 is 10.0 Å². The molecule has 0 spiro atoms. The van der Waals surface area contributed by atoms with Gasteiger partial charge in [0.2, 0.25) is 0 Å². The third kappa shape index (κ3) is 4.01. The summed E-state index contributed by atoms with van der Waals surface area (Å²) in [7, 11) is 0. The maximum absolute atomic E-state index is 9.16. The summed E-state index contributed by atoms with van der Waals surface area (Å²) in [5.74, 6) is 1.68. The van der Waals surface area contributed by atoms with Crippen molar-refractivity contribution in [1.29, 1.82) is 0 Å². The van der Waals surface area contributed by atoms with Gasteiger partial charge in [0, 0.05) is 24.1 Å². The van der Waals surface area contributed by atoms with Crippen LogP contribution in [0.3, 0.4) is 0 Å². The van der Waals surface area contributed by atoms with Crippen LogP contribution in [-0.4, -0.2) is 41.5 Å². The highest BCUT2D eigenvalue weighted by molar-refractivity contribution is 7.99. The molecule has 2 atom stereocenters. The predicted octanol–water partition coefficient (Wildman–Crippen LogP) is 2.87. The molecule has 0 saturated carbocycles. The third-order valence-electron chi connectivity index (χ3n) is 3.75. The highest BCUT2D eigenvalue weighted by Gasteiger charge is 2.24. The van der Waals surface area contributed by atoms with Crippen LogP contribution in [0.2, 0.25) is 0 Å². The number of aliphatic hydroxyl groups excluding tert-OH is 1. The number of aliphatic hydroxyl groups is 1. The summed E-state index contributed by atoms with van der Waals surface area (Å²) < 4.78 is 0. The number of nitrogens with zero attached hydrogens (tertiary/aromatic N) is 1. The van der Waals surface area contributed by atoms with Gasteiger partial charge in [0.05, 0.1) is 0 Å². The molecule has 0 unspecified atom stereocenters. The highest BCUT2D eigenvalue weighted by Crippen LogP contribution is 2.23. The lowest BCUT2D eigenvalue weighted by molar-refractivity contribution is 0.202. The van der Waals surface area contributed by atoms with E-state index in [9.17, 15) is 0 Å². The van der Waals surface area contributed by atoms with Gasteiger partial charge in [0.15, 0.2) is 0 Å². The molecule has 1 aromatic carbocycles. The van der Waals surface area contributed by atoms with Gasteiger partial charge in [-0.1, -0.05) is 18.2 Å². The Bertz CT molecular complexity index is 344. The van der Waals surface area contributed by atoms with Crippen molar-refractivity contribution in [1.82, 2.24) is 4.90 Å². The maximum Gasteiger partial charge on any atom is 0.0471 e. The molecular weight excluding hydrogens is 242 g/mol. The first-order valence-electron chi connectivity index (χ1n) is 6.82. The normalized spacial score (nSPS) is 22.2. The van der Waals surface area contributed by atoms with Crippen LogP contribution in [-0.2, 0) is 0 Å². The predicted molar refractivity (Wildman–Crippen MR) is 78.0 cm³/mol. The van der Waals surface area contributed by atoms with E-state index in [4.69, 9.17) is 5.11 Å². The van der Waals surface area contributed by atoms with Crippen molar-refractivity contribution in [2.24, 2.45) is 5.92 Å². The fourth-order valence-electron chi connectivity index (χ4n) is 2.46. The third-order valence-corrected chi connectivity index (χ3v) is 4.79. The van der Waals surface area contributed by atoms with Crippen LogP contribution in [0, 0.1) is 5.92 Å². The second-order valence-electron chi connectivity index (χ2n) is 5.13. The van der Waals surface area contributed by atoms with Crippen LogP contribution in [0.15, 0.2) is 35.2 Å². The second-order valence-corrected chi connectivity index (χ2v) is 6.30. The monoisotopic (exact) mass is 265 g/mol. The number of rotatable bonds is 6. The molecule has 0 bridgehead atoms. The molecule has 1 heterocycles. The summed E-state index contributed by atoms with van der Waals surface area (Å²) in [4.78, 5) is 3.88. The van der Waals surface area contributed by atoms with Crippen molar-refractivity contribution in [3.05, 3.63) is 30.3 Å². The Balaban J connectivity index is 1.68. The maximum atomic E-state index is 9.16. The molecule has 100 valence electrons. The van der Waals surface area contributed by atoms with E-state index in [0.717, 1.165) is 19.5 Å². The van der Waals surface area contributed by atoms with Crippen molar-refractivity contribution in [3.63, 3.8) is 0 Å². The number of benzene rings is 1. The first-order chi connectivity index (χ1) is 8.79. The van der Waals surface area contributed by atoms with Crippen molar-refractivity contribution in [2.75, 3.05) is 25.4 Å². The van der Waals surface area contributed by atoms with Crippen molar-refractivity contribution >= 4 is 11.8 Å². The summed E-state index contributed by atoms with van der Waals surface area (Å²) in [5, 5.41) is 9.16. The summed E-state index contributed by atoms with van der Waals surface area (Å²) >= 11 is 1.94. The van der Waals surface area contributed by atoms with E-state index < -0.39 is 0 Å². The Labute approximate surface area is 114 Å². The van der Waals surface area contributed by atoms with Crippen LogP contribution in [0.25, 0.3) is 0 Å². The lowest BCUT2D eigenvalue weighted by atomic mass is 10.1. The van der Waals surface area contributed by atoms with Gasteiger partial charge in [0.25, 0.3) is 0 Å². The molecule has 1 fully saturated rings. The molecule has 1 N–H and O–H groups in total. The minimum atomic E-state index is 0.349. The first-order valence-corrected chi connectivity index (χ1v) is 7.81. The molecule has 0 radical (unpaired) electrons. The first kappa shape index (κ1) is 13.9. The van der Waals surface area contributed by atoms with E-state index in [2.05, 4.69) is 42.2 Å². The Morgan fingerprint density at radius 2 is 2.17 bits per heavy atom. The molecule has 1 aliphatic rings. The standard InChI is InChI=1S/C15H23NOS/c1-13(16-9-7-14(11-16)12-17)8-10-18-15-5-3-2-4-6-15/h2-6,13-14,17H,7-12H2,1H3/t13-,14-/m1/s1. The average molecular weight is 265 g/mol. The van der Waals surface area contributed by atoms with Gasteiger partial charge in [-0.3, -0.25) is 0 Å². The number of hydrogen-bond acceptors (Lipinski definition) is 3. The number of hydrogen-bond donors (Lipinski definition) is 1. The Morgan fingerprint density at radius 1 is 1.39 bits per heavy atom. The SMILES string of the molecule is C[C@H](CCSc1ccccc1)N1CC[C@@H](CO)C1. The lowest BCUT2D eigenvalue weighted by Crippen LogP contribution is -2.31. The van der Waals surface area contributed by atoms with Gasteiger partial charge in [-0.2, -0.15) is 0 Å². The van der Waals surface area contributed by atoms with Gasteiger partial charge in [-0.25, -0.2) is 0 Å². The van der Waals surface area contributed by atoms with E-state index in [0.29, 0.717) is 18.6 Å². The minimum Gasteiger partial charge on any atom is -0.396 e. The summed E-state index contributed by atoms with van der Waals surface area (Å²) in [6.45, 7) is 4.89. The Kier molecular flexibility index (Phi) is 5.54. The topological polar surface area (TPSA) is 23.5 Å². The Hall–Kier alpha value is -0.510. The largest absolute Gasteiger partial charge is 0.396 e. The summed E-state index contributed by atoms with van der Waals surface area (Å²) in [6, 6.07) is 11.2. The van der Waals surface area contributed by atoms with Crippen LogP contribution in [0.1, 0.15) is 19.8 Å². The van der Waals surface area contributed by atoms with E-state index in [1.54, 1.807) is 0 Å². The molecule has 0 aromatic heterocycles. The van der Waals surface area contributed by atoms with Gasteiger partial charge in [0.1, 0.15) is 0 Å². The van der Waals surface area contributed by atoms with Gasteiger partial charge >= 0.3 is 0 Å². The van der Waals surface area contributed by atoms with Crippen LogP contribution >= 0.6 is 11.8 Å². The number of thioether (sulfide) groups is 1. The molecule has 1 saturated heterocycles. The molecule has 2 nitrogen and oxygen atoms in total. The van der Waals surface area contributed by atoms with E-state index in [1.807, 2.05) is 11.8 Å². The zero-order valence-electron chi connectivity index (χ0n) is 11.1. The van der Waals surface area contributed by atoms with Crippen LogP contribution in [0.4, 0.5) is 0 Å². The highest BCUT2D eigenvalue weighted by atomic mass is 32.2. The van der Waals surface area contributed by atoms with E-state index >= 15 is 0 Å².